The molecule has 0 radical (unpaired) electrons. The molecule has 0 aromatic heterocycles. The van der Waals surface area contributed by atoms with E-state index < -0.39 is 0 Å². The Morgan fingerprint density at radius 2 is 1.16 bits per heavy atom. The van der Waals surface area contributed by atoms with Crippen molar-refractivity contribution in [1.82, 2.24) is 0 Å². The van der Waals surface area contributed by atoms with Crippen LogP contribution in [0.4, 0.5) is 34.1 Å². The van der Waals surface area contributed by atoms with E-state index in [-0.39, 0.29) is 6.71 Å². The van der Waals surface area contributed by atoms with Gasteiger partial charge in [0.05, 0.1) is 23.3 Å². The third kappa shape index (κ3) is 4.04. The third-order valence-corrected chi connectivity index (χ3v) is 9.49. The van der Waals surface area contributed by atoms with Crippen molar-refractivity contribution in [2.75, 3.05) is 9.80 Å². The van der Waals surface area contributed by atoms with Gasteiger partial charge in [0.15, 0.2) is 0 Å². The highest BCUT2D eigenvalue weighted by molar-refractivity contribution is 7.00. The molecule has 0 unspecified atom stereocenters. The lowest BCUT2D eigenvalue weighted by molar-refractivity contribution is 0.444. The summed E-state index contributed by atoms with van der Waals surface area (Å²) >= 11 is 0. The molecule has 0 N–H and O–H groups in total. The Balaban J connectivity index is 1.42. The number of nitriles is 2. The summed E-state index contributed by atoms with van der Waals surface area (Å²) in [6, 6.07) is 42.9. The number of hydrogen-bond acceptors (Lipinski definition) is 4. The second kappa shape index (κ2) is 10.2. The van der Waals surface area contributed by atoms with Gasteiger partial charge in [-0.3, -0.25) is 0 Å². The van der Waals surface area contributed by atoms with Crippen molar-refractivity contribution in [3.8, 4) is 12.1 Å². The summed E-state index contributed by atoms with van der Waals surface area (Å²) in [7, 11) is 0. The van der Waals surface area contributed by atoms with Gasteiger partial charge in [0.2, 0.25) is 0 Å². The van der Waals surface area contributed by atoms with Gasteiger partial charge in [-0.25, -0.2) is 0 Å². The second-order valence-corrected chi connectivity index (χ2v) is 11.8. The predicted octanol–water partition coefficient (Wildman–Crippen LogP) is 7.56. The van der Waals surface area contributed by atoms with Gasteiger partial charge in [0, 0.05) is 34.1 Å². The standard InChI is InChI=1S/C38H29BN4/c40-24-26-14-18-31(19-15-26)43-34-20-16-27(25-41)22-32(34)39-33-23-29(28-8-3-1-4-9-28)17-21-35(33)42(30-10-5-2-6-11-30)36-12-7-13-37(43)38(36)39/h2,5-7,10-23,28H,1,3-4,8-9H2. The second-order valence-electron chi connectivity index (χ2n) is 11.8. The number of nitrogens with zero attached hydrogens (tertiary/aromatic N) is 4. The van der Waals surface area contributed by atoms with E-state index in [2.05, 4.69) is 101 Å². The Morgan fingerprint density at radius 3 is 1.84 bits per heavy atom. The topological polar surface area (TPSA) is 54.1 Å². The summed E-state index contributed by atoms with van der Waals surface area (Å²) < 4.78 is 0. The summed E-state index contributed by atoms with van der Waals surface area (Å²) in [5, 5.41) is 19.5. The first kappa shape index (κ1) is 25.5. The lowest BCUT2D eigenvalue weighted by Crippen LogP contribution is -2.61. The van der Waals surface area contributed by atoms with Crippen molar-refractivity contribution in [2.45, 2.75) is 38.0 Å². The van der Waals surface area contributed by atoms with Crippen molar-refractivity contribution in [2.24, 2.45) is 0 Å². The van der Waals surface area contributed by atoms with Crippen LogP contribution in [0.2, 0.25) is 0 Å². The van der Waals surface area contributed by atoms with Crippen LogP contribution in [0, 0.1) is 22.7 Å². The maximum atomic E-state index is 10.0. The van der Waals surface area contributed by atoms with Crippen LogP contribution < -0.4 is 26.2 Å². The molecular formula is C38H29BN4. The van der Waals surface area contributed by atoms with Gasteiger partial charge in [0.1, 0.15) is 0 Å². The van der Waals surface area contributed by atoms with Gasteiger partial charge in [-0.05, 0) is 114 Å². The van der Waals surface area contributed by atoms with Crippen LogP contribution >= 0.6 is 0 Å². The summed E-state index contributed by atoms with van der Waals surface area (Å²) in [6.07, 6.45) is 6.41. The average Bonchev–Trinajstić information content (AvgIpc) is 3.08. The largest absolute Gasteiger partial charge is 0.311 e. The monoisotopic (exact) mass is 552 g/mol. The number of benzene rings is 5. The lowest BCUT2D eigenvalue weighted by Gasteiger charge is -2.44. The third-order valence-electron chi connectivity index (χ3n) is 9.49. The van der Waals surface area contributed by atoms with Crippen LogP contribution in [-0.4, -0.2) is 6.71 Å². The molecule has 1 fully saturated rings. The van der Waals surface area contributed by atoms with Crippen molar-refractivity contribution in [3.63, 3.8) is 0 Å². The van der Waals surface area contributed by atoms with E-state index in [1.807, 2.05) is 30.3 Å². The SMILES string of the molecule is N#Cc1ccc(N2c3ccc(C#N)cc3B3c4cc(C5CCCCC5)ccc4N(c4ccccc4)c4cccc2c43)cc1. The van der Waals surface area contributed by atoms with Crippen LogP contribution in [0.25, 0.3) is 0 Å². The zero-order chi connectivity index (χ0) is 28.9. The molecule has 8 rings (SSSR count). The molecular weight excluding hydrogens is 523 g/mol. The highest BCUT2D eigenvalue weighted by Crippen LogP contribution is 2.44. The Kier molecular flexibility index (Phi) is 6.06. The summed E-state index contributed by atoms with van der Waals surface area (Å²) in [5.74, 6) is 0.588. The minimum Gasteiger partial charge on any atom is -0.311 e. The number of rotatable bonds is 3. The van der Waals surface area contributed by atoms with Gasteiger partial charge < -0.3 is 9.80 Å². The molecule has 5 aromatic carbocycles. The van der Waals surface area contributed by atoms with E-state index in [0.717, 1.165) is 33.9 Å². The van der Waals surface area contributed by atoms with Crippen molar-refractivity contribution >= 4 is 57.2 Å². The fourth-order valence-corrected chi connectivity index (χ4v) is 7.54. The van der Waals surface area contributed by atoms with E-state index in [1.165, 1.54) is 54.3 Å². The smallest absolute Gasteiger partial charge is 0.252 e. The summed E-state index contributed by atoms with van der Waals surface area (Å²) in [5.41, 5.74) is 13.1. The Labute approximate surface area is 253 Å². The molecule has 204 valence electrons. The number of para-hydroxylation sites is 1. The minimum atomic E-state index is -0.0114. The highest BCUT2D eigenvalue weighted by Gasteiger charge is 2.43. The van der Waals surface area contributed by atoms with Crippen LogP contribution in [0.15, 0.2) is 109 Å². The lowest BCUT2D eigenvalue weighted by atomic mass is 9.33. The van der Waals surface area contributed by atoms with Crippen molar-refractivity contribution in [1.29, 1.82) is 10.5 Å². The van der Waals surface area contributed by atoms with Crippen molar-refractivity contribution in [3.05, 3.63) is 126 Å². The number of hydrogen-bond donors (Lipinski definition) is 0. The van der Waals surface area contributed by atoms with E-state index in [9.17, 15) is 10.5 Å². The Morgan fingerprint density at radius 1 is 0.558 bits per heavy atom. The predicted molar refractivity (Wildman–Crippen MR) is 176 cm³/mol. The zero-order valence-electron chi connectivity index (χ0n) is 23.9. The molecule has 5 heteroatoms. The molecule has 2 aliphatic heterocycles. The van der Waals surface area contributed by atoms with Gasteiger partial charge in [0.25, 0.3) is 6.71 Å². The molecule has 0 amide bonds. The fraction of sp³-hybridized carbons (Fsp3) is 0.158. The summed E-state index contributed by atoms with van der Waals surface area (Å²) in [4.78, 5) is 4.71. The van der Waals surface area contributed by atoms with Gasteiger partial charge in [-0.1, -0.05) is 55.7 Å². The first-order valence-corrected chi connectivity index (χ1v) is 15.2. The highest BCUT2D eigenvalue weighted by atomic mass is 15.2. The Hall–Kier alpha value is -5.26. The number of fused-ring (bicyclic) bond motifs is 4. The molecule has 2 heterocycles. The molecule has 43 heavy (non-hydrogen) atoms. The van der Waals surface area contributed by atoms with Gasteiger partial charge in [-0.2, -0.15) is 10.5 Å². The van der Waals surface area contributed by atoms with Gasteiger partial charge >= 0.3 is 0 Å². The van der Waals surface area contributed by atoms with E-state index >= 15 is 0 Å². The summed E-state index contributed by atoms with van der Waals surface area (Å²) in [6.45, 7) is -0.0114. The van der Waals surface area contributed by atoms with E-state index in [4.69, 9.17) is 0 Å². The zero-order valence-corrected chi connectivity index (χ0v) is 23.9. The van der Waals surface area contributed by atoms with Crippen LogP contribution in [-0.2, 0) is 0 Å². The average molecular weight is 552 g/mol. The molecule has 0 saturated heterocycles. The molecule has 0 bridgehead atoms. The van der Waals surface area contributed by atoms with E-state index in [1.54, 1.807) is 0 Å². The molecule has 1 aliphatic carbocycles. The molecule has 0 spiro atoms. The first-order valence-electron chi connectivity index (χ1n) is 15.2. The van der Waals surface area contributed by atoms with Crippen LogP contribution in [0.5, 0.6) is 0 Å². The molecule has 4 nitrogen and oxygen atoms in total. The van der Waals surface area contributed by atoms with Crippen molar-refractivity contribution < 1.29 is 0 Å². The van der Waals surface area contributed by atoms with Crippen LogP contribution in [0.1, 0.15) is 54.7 Å². The Bertz CT molecular complexity index is 1950. The van der Waals surface area contributed by atoms with Gasteiger partial charge in [-0.15, -0.1) is 0 Å². The molecule has 5 aromatic rings. The minimum absolute atomic E-state index is 0.0114. The maximum Gasteiger partial charge on any atom is 0.252 e. The van der Waals surface area contributed by atoms with E-state index in [0.29, 0.717) is 17.0 Å². The molecule has 3 aliphatic rings. The first-order chi connectivity index (χ1) is 21.2. The maximum absolute atomic E-state index is 10.0. The normalized spacial score (nSPS) is 15.2. The molecule has 1 saturated carbocycles. The number of anilines is 6. The van der Waals surface area contributed by atoms with Crippen LogP contribution in [0.3, 0.4) is 0 Å². The fourth-order valence-electron chi connectivity index (χ4n) is 7.54. The molecule has 0 atom stereocenters. The quantitative estimate of drug-likeness (QED) is 0.212.